The number of hydroxylamine groups is 1. The summed E-state index contributed by atoms with van der Waals surface area (Å²) in [6, 6.07) is 7.41. The van der Waals surface area contributed by atoms with Crippen molar-refractivity contribution in [2.45, 2.75) is 6.18 Å². The van der Waals surface area contributed by atoms with Crippen LogP contribution in [0.25, 0.3) is 0 Å². The number of nitrogens with one attached hydrogen (secondary N) is 4. The molecule has 2 aromatic heterocycles. The highest BCUT2D eigenvalue weighted by Gasteiger charge is 2.36. The molecule has 2 amide bonds. The molecule has 4 N–H and O–H groups in total. The number of hydrogen-bond acceptors (Lipinski definition) is 9. The number of nitrogens with zero attached hydrogens (tertiary/aromatic N) is 2. The molecule has 0 bridgehead atoms. The molecule has 0 aliphatic rings. The molecule has 10 nitrogen and oxygen atoms in total. The minimum atomic E-state index is -4.78. The summed E-state index contributed by atoms with van der Waals surface area (Å²) in [6.45, 7) is 0. The largest absolute Gasteiger partial charge is 0.421 e. The predicted molar refractivity (Wildman–Crippen MR) is 112 cm³/mol. The van der Waals surface area contributed by atoms with Crippen LogP contribution in [0.1, 0.15) is 26.3 Å². The van der Waals surface area contributed by atoms with Gasteiger partial charge in [0.05, 0.1) is 5.56 Å². The number of benzene rings is 1. The molecule has 0 saturated heterocycles. The second-order valence-electron chi connectivity index (χ2n) is 6.15. The SMILES string of the molecule is CNC(=O)c1ccc(Nc2ncc(C(F)(F)F)c(Nc3sccc3C(=O)ONC=O)n2)cc1. The first-order chi connectivity index (χ1) is 15.7. The van der Waals surface area contributed by atoms with Gasteiger partial charge < -0.3 is 20.8 Å². The van der Waals surface area contributed by atoms with Crippen molar-refractivity contribution in [3.05, 3.63) is 58.6 Å². The first-order valence-electron chi connectivity index (χ1n) is 9.01. The van der Waals surface area contributed by atoms with Crippen molar-refractivity contribution in [1.82, 2.24) is 20.8 Å². The summed E-state index contributed by atoms with van der Waals surface area (Å²) in [5.41, 5.74) is 1.26. The van der Waals surface area contributed by atoms with E-state index < -0.39 is 23.5 Å². The van der Waals surface area contributed by atoms with Crippen LogP contribution >= 0.6 is 11.3 Å². The van der Waals surface area contributed by atoms with E-state index in [1.165, 1.54) is 42.8 Å². The summed E-state index contributed by atoms with van der Waals surface area (Å²) in [5.74, 6) is -2.06. The topological polar surface area (TPSA) is 134 Å². The van der Waals surface area contributed by atoms with E-state index in [9.17, 15) is 27.6 Å². The van der Waals surface area contributed by atoms with E-state index in [-0.39, 0.29) is 28.8 Å². The van der Waals surface area contributed by atoms with Gasteiger partial charge in [0.25, 0.3) is 5.91 Å². The van der Waals surface area contributed by atoms with Gasteiger partial charge in [-0.3, -0.25) is 9.59 Å². The van der Waals surface area contributed by atoms with Crippen molar-refractivity contribution in [1.29, 1.82) is 0 Å². The van der Waals surface area contributed by atoms with Gasteiger partial charge in [-0.25, -0.2) is 9.78 Å². The van der Waals surface area contributed by atoms with Gasteiger partial charge in [-0.1, -0.05) is 0 Å². The first kappa shape index (κ1) is 23.5. The van der Waals surface area contributed by atoms with Crippen LogP contribution in [0.4, 0.5) is 35.6 Å². The second kappa shape index (κ2) is 9.95. The molecule has 0 aliphatic carbocycles. The maximum absolute atomic E-state index is 13.5. The highest BCUT2D eigenvalue weighted by Crippen LogP contribution is 2.37. The number of carbonyl (C=O) groups excluding carboxylic acids is 3. The Morgan fingerprint density at radius 2 is 1.85 bits per heavy atom. The lowest BCUT2D eigenvalue weighted by Crippen LogP contribution is -2.18. The zero-order chi connectivity index (χ0) is 24.0. The lowest BCUT2D eigenvalue weighted by atomic mass is 10.2. The van der Waals surface area contributed by atoms with Gasteiger partial charge in [0, 0.05) is 24.5 Å². The first-order valence-corrected chi connectivity index (χ1v) is 9.89. The van der Waals surface area contributed by atoms with Crippen molar-refractivity contribution in [2.24, 2.45) is 0 Å². The highest BCUT2D eigenvalue weighted by atomic mass is 32.1. The fourth-order valence-corrected chi connectivity index (χ4v) is 3.30. The Morgan fingerprint density at radius 1 is 1.12 bits per heavy atom. The quantitative estimate of drug-likeness (QED) is 0.285. The number of halogens is 3. The zero-order valence-corrected chi connectivity index (χ0v) is 17.5. The van der Waals surface area contributed by atoms with Crippen molar-refractivity contribution >= 4 is 52.1 Å². The molecule has 1 aromatic carbocycles. The molecule has 0 atom stereocenters. The van der Waals surface area contributed by atoms with Crippen molar-refractivity contribution in [3.8, 4) is 0 Å². The standard InChI is InChI=1S/C19H15F3N6O4S/c1-23-15(30)10-2-4-11(5-3-10)26-18-24-8-13(19(20,21)22)14(28-18)27-16-12(6-7-33-16)17(31)32-25-9-29/h2-9H,1H3,(H,23,30)(H,25,29)(H2,24,26,27,28). The molecule has 14 heteroatoms. The van der Waals surface area contributed by atoms with E-state index in [1.54, 1.807) is 5.48 Å². The van der Waals surface area contributed by atoms with Crippen LogP contribution in [-0.4, -0.2) is 35.3 Å². The molecule has 3 aromatic rings. The number of thiophene rings is 1. The maximum Gasteiger partial charge on any atom is 0.421 e. The Hall–Kier alpha value is -4.20. The average Bonchev–Trinajstić information content (AvgIpc) is 3.25. The van der Waals surface area contributed by atoms with Crippen LogP contribution < -0.4 is 21.4 Å². The molecular formula is C19H15F3N6O4S. The second-order valence-corrected chi connectivity index (χ2v) is 7.06. The molecule has 0 saturated carbocycles. The van der Waals surface area contributed by atoms with E-state index in [4.69, 9.17) is 0 Å². The number of carbonyl (C=O) groups is 3. The molecule has 33 heavy (non-hydrogen) atoms. The summed E-state index contributed by atoms with van der Waals surface area (Å²) < 4.78 is 40.5. The fraction of sp³-hybridized carbons (Fsp3) is 0.105. The van der Waals surface area contributed by atoms with Gasteiger partial charge in [-0.15, -0.1) is 11.3 Å². The summed E-state index contributed by atoms with van der Waals surface area (Å²) in [7, 11) is 1.48. The maximum atomic E-state index is 13.5. The van der Waals surface area contributed by atoms with Crippen LogP contribution in [0.2, 0.25) is 0 Å². The molecule has 172 valence electrons. The van der Waals surface area contributed by atoms with Gasteiger partial charge in [-0.2, -0.15) is 23.6 Å². The van der Waals surface area contributed by atoms with Gasteiger partial charge in [0.2, 0.25) is 12.4 Å². The van der Waals surface area contributed by atoms with Crippen molar-refractivity contribution in [3.63, 3.8) is 0 Å². The third kappa shape index (κ3) is 5.74. The normalized spacial score (nSPS) is 10.8. The molecule has 3 rings (SSSR count). The Bertz CT molecular complexity index is 1170. The molecule has 0 aliphatic heterocycles. The van der Waals surface area contributed by atoms with Gasteiger partial charge in [0.1, 0.15) is 16.4 Å². The molecular weight excluding hydrogens is 465 g/mol. The summed E-state index contributed by atoms with van der Waals surface area (Å²) >= 11 is 0.928. The molecule has 0 spiro atoms. The minimum absolute atomic E-state index is 0.0118. The highest BCUT2D eigenvalue weighted by molar-refractivity contribution is 7.14. The minimum Gasteiger partial charge on any atom is -0.355 e. The van der Waals surface area contributed by atoms with E-state index in [0.717, 1.165) is 11.3 Å². The van der Waals surface area contributed by atoms with Crippen molar-refractivity contribution < 1.29 is 32.4 Å². The van der Waals surface area contributed by atoms with Crippen LogP contribution in [-0.2, 0) is 15.8 Å². The van der Waals surface area contributed by atoms with E-state index in [1.807, 2.05) is 0 Å². The van der Waals surface area contributed by atoms with Gasteiger partial charge in [0.15, 0.2) is 0 Å². The number of hydrogen-bond donors (Lipinski definition) is 4. The van der Waals surface area contributed by atoms with Crippen LogP contribution in [0.5, 0.6) is 0 Å². The monoisotopic (exact) mass is 480 g/mol. The van der Waals surface area contributed by atoms with E-state index >= 15 is 0 Å². The third-order valence-electron chi connectivity index (χ3n) is 4.04. The predicted octanol–water partition coefficient (Wildman–Crippen LogP) is 3.22. The Balaban J connectivity index is 1.89. The lowest BCUT2D eigenvalue weighted by molar-refractivity contribution is -0.137. The average molecular weight is 480 g/mol. The van der Waals surface area contributed by atoms with Crippen LogP contribution in [0, 0.1) is 0 Å². The molecule has 2 heterocycles. The third-order valence-corrected chi connectivity index (χ3v) is 4.87. The zero-order valence-electron chi connectivity index (χ0n) is 16.7. The summed E-state index contributed by atoms with van der Waals surface area (Å²) in [6.07, 6.45) is -4.06. The number of anilines is 4. The molecule has 0 radical (unpaired) electrons. The number of rotatable bonds is 8. The Labute approximate surface area is 188 Å². The number of alkyl halides is 3. The molecule has 0 unspecified atom stereocenters. The smallest absolute Gasteiger partial charge is 0.355 e. The van der Waals surface area contributed by atoms with E-state index in [2.05, 4.69) is 30.8 Å². The Kier molecular flexibility index (Phi) is 7.07. The van der Waals surface area contributed by atoms with Gasteiger partial charge in [-0.05, 0) is 35.7 Å². The number of amides is 2. The Morgan fingerprint density at radius 3 is 2.48 bits per heavy atom. The van der Waals surface area contributed by atoms with Crippen LogP contribution in [0.3, 0.4) is 0 Å². The fourth-order valence-electron chi connectivity index (χ4n) is 2.53. The molecule has 0 fully saturated rings. The van der Waals surface area contributed by atoms with Crippen LogP contribution in [0.15, 0.2) is 41.9 Å². The lowest BCUT2D eigenvalue weighted by Gasteiger charge is -2.15. The van der Waals surface area contributed by atoms with Gasteiger partial charge >= 0.3 is 12.1 Å². The van der Waals surface area contributed by atoms with E-state index in [0.29, 0.717) is 17.4 Å². The number of aromatic nitrogens is 2. The summed E-state index contributed by atoms with van der Waals surface area (Å²) in [5, 5.41) is 9.16. The van der Waals surface area contributed by atoms with Crippen molar-refractivity contribution in [2.75, 3.05) is 17.7 Å². The summed E-state index contributed by atoms with van der Waals surface area (Å²) in [4.78, 5) is 46.0.